The summed E-state index contributed by atoms with van der Waals surface area (Å²) < 4.78 is 102. The molecule has 18 nitrogen and oxygen atoms in total. The number of nitrogens with two attached hydrogens (primary N) is 1. The predicted octanol–water partition coefficient (Wildman–Crippen LogP) is -3.10. The standard InChI is InChI=1S/C37H26N6O12S3.3Na/c38-22-6-4-19(5-7-22)37(46)39-23-8-11-27-21(15-23)16-33(58(53,54)55)35(36(27)45)43-41-29-12-13-30(34-28(29)17-25(18-31(34)44)56(47,48)49)42-40-24-9-10-26-20(14-24)2-1-3-32(26)57(50,51)52;;;/h1-18,44-45H,38H2,(H,39,46)(H,47,48,49)(H,50,51,52)(H,53,54,55);;;/q;3*+1/p-3. The SMILES string of the molecule is Nc1ccc(C([O-])=Nc2ccc3c([O-])c(N=Nc4ccc(N=Nc5ccc6c(S(=O)(=O)O)cccc6c5)c5c([O-])cc(S(=O)(=O)O)cc45)c(S(=O)(=O)O)cc3c2)cc1.[Na+].[Na+].[Na+]. The Morgan fingerprint density at radius 3 is 1.82 bits per heavy atom. The van der Waals surface area contributed by atoms with E-state index in [1.807, 2.05) is 0 Å². The number of benzene rings is 7. The Labute approximate surface area is 413 Å². The number of hydrogen-bond acceptors (Lipinski definition) is 15. The van der Waals surface area contributed by atoms with E-state index in [1.54, 1.807) is 6.07 Å². The summed E-state index contributed by atoms with van der Waals surface area (Å²) in [6, 6.07) is 22.9. The monoisotopic (exact) mass is 908 g/mol. The molecule has 0 unspecified atom stereocenters. The molecule has 5 N–H and O–H groups in total. The smallest absolute Gasteiger partial charge is 0.872 e. The Balaban J connectivity index is 0.00000273. The molecule has 0 fully saturated rings. The van der Waals surface area contributed by atoms with Gasteiger partial charge in [-0.25, -0.2) is 0 Å². The molecule has 0 aliphatic heterocycles. The molecule has 7 rings (SSSR count). The average Bonchev–Trinajstić information content (AvgIpc) is 3.15. The van der Waals surface area contributed by atoms with E-state index in [4.69, 9.17) is 5.73 Å². The molecule has 7 aromatic carbocycles. The van der Waals surface area contributed by atoms with Crippen LogP contribution in [0.1, 0.15) is 5.56 Å². The van der Waals surface area contributed by atoms with Gasteiger partial charge in [-0.05, 0) is 100 Å². The molecule has 0 saturated carbocycles. The normalized spacial score (nSPS) is 12.4. The molecule has 0 saturated heterocycles. The minimum absolute atomic E-state index is 0. The Morgan fingerprint density at radius 2 is 1.16 bits per heavy atom. The van der Waals surface area contributed by atoms with Crippen molar-refractivity contribution in [3.63, 3.8) is 0 Å². The van der Waals surface area contributed by atoms with E-state index in [1.165, 1.54) is 84.9 Å². The first-order valence-corrected chi connectivity index (χ1v) is 20.6. The van der Waals surface area contributed by atoms with Gasteiger partial charge in [0.2, 0.25) is 0 Å². The third-order valence-electron chi connectivity index (χ3n) is 8.62. The van der Waals surface area contributed by atoms with Gasteiger partial charge in [-0.3, -0.25) is 18.7 Å². The van der Waals surface area contributed by atoms with E-state index >= 15 is 0 Å². The van der Waals surface area contributed by atoms with Gasteiger partial charge in [0.25, 0.3) is 30.4 Å². The minimum Gasteiger partial charge on any atom is -0.872 e. The molecule has 0 bridgehead atoms. The molecule has 0 aromatic heterocycles. The Kier molecular flexibility index (Phi) is 15.7. The van der Waals surface area contributed by atoms with Crippen LogP contribution in [0.4, 0.5) is 34.1 Å². The fourth-order valence-corrected chi connectivity index (χ4v) is 7.84. The number of azo groups is 2. The summed E-state index contributed by atoms with van der Waals surface area (Å²) in [7, 11) is -14.7. The van der Waals surface area contributed by atoms with E-state index in [9.17, 15) is 54.2 Å². The van der Waals surface area contributed by atoms with Crippen LogP contribution in [0.15, 0.2) is 149 Å². The molecule has 0 spiro atoms. The van der Waals surface area contributed by atoms with Gasteiger partial charge in [-0.1, -0.05) is 47.9 Å². The van der Waals surface area contributed by atoms with Gasteiger partial charge < -0.3 is 21.1 Å². The fourth-order valence-electron chi connectivity index (χ4n) is 5.94. The summed E-state index contributed by atoms with van der Waals surface area (Å²) in [6.07, 6.45) is 0. The van der Waals surface area contributed by atoms with Crippen LogP contribution in [0.3, 0.4) is 0 Å². The molecule has 294 valence electrons. The second-order valence-electron chi connectivity index (χ2n) is 12.4. The third kappa shape index (κ3) is 10.8. The largest absolute Gasteiger partial charge is 1.00 e. The maximum Gasteiger partial charge on any atom is 1.00 e. The second kappa shape index (κ2) is 19.2. The molecular formula is C37H23N6Na3O12S3. The van der Waals surface area contributed by atoms with Crippen molar-refractivity contribution < 1.29 is 143 Å². The number of fused-ring (bicyclic) bond motifs is 3. The van der Waals surface area contributed by atoms with Crippen molar-refractivity contribution in [2.75, 3.05) is 5.73 Å². The van der Waals surface area contributed by atoms with E-state index in [2.05, 4.69) is 25.4 Å². The third-order valence-corrected chi connectivity index (χ3v) is 11.2. The number of hydrogen-bond donors (Lipinski definition) is 4. The van der Waals surface area contributed by atoms with Crippen molar-refractivity contribution in [1.29, 1.82) is 0 Å². The number of rotatable bonds is 9. The Morgan fingerprint density at radius 1 is 0.557 bits per heavy atom. The van der Waals surface area contributed by atoms with E-state index < -0.39 is 63.2 Å². The Hall–Kier alpha value is -3.88. The van der Waals surface area contributed by atoms with Crippen LogP contribution in [0.25, 0.3) is 32.3 Å². The number of aliphatic imine (C=N–C) groups is 1. The summed E-state index contributed by atoms with van der Waals surface area (Å²) in [5.74, 6) is -2.66. The van der Waals surface area contributed by atoms with Gasteiger partial charge in [0.15, 0.2) is 0 Å². The number of nitrogens with zero attached hydrogens (tertiary/aromatic N) is 5. The number of nitrogen functional groups attached to an aromatic ring is 1. The molecule has 61 heavy (non-hydrogen) atoms. The maximum absolute atomic E-state index is 13.7. The molecule has 0 radical (unpaired) electrons. The van der Waals surface area contributed by atoms with Crippen molar-refractivity contribution in [2.24, 2.45) is 25.4 Å². The van der Waals surface area contributed by atoms with Crippen LogP contribution >= 0.6 is 0 Å². The summed E-state index contributed by atoms with van der Waals surface area (Å²) >= 11 is 0. The van der Waals surface area contributed by atoms with Crippen LogP contribution < -0.4 is 110 Å². The van der Waals surface area contributed by atoms with Gasteiger partial charge in [0.05, 0.1) is 33.3 Å². The van der Waals surface area contributed by atoms with Crippen LogP contribution in [0.5, 0.6) is 11.5 Å². The van der Waals surface area contributed by atoms with Crippen molar-refractivity contribution in [3.05, 3.63) is 115 Å². The molecule has 0 aliphatic rings. The maximum atomic E-state index is 13.7. The molecule has 0 aliphatic carbocycles. The van der Waals surface area contributed by atoms with E-state index in [0.717, 1.165) is 12.1 Å². The topological polar surface area (TPSA) is 320 Å². The predicted molar refractivity (Wildman–Crippen MR) is 206 cm³/mol. The van der Waals surface area contributed by atoms with Gasteiger partial charge in [0.1, 0.15) is 9.79 Å². The van der Waals surface area contributed by atoms with Gasteiger partial charge in [-0.15, -0.1) is 15.3 Å². The second-order valence-corrected chi connectivity index (χ2v) is 16.6. The summed E-state index contributed by atoms with van der Waals surface area (Å²) in [5, 5.41) is 55.5. The van der Waals surface area contributed by atoms with Crippen LogP contribution in [-0.2, 0) is 30.4 Å². The quantitative estimate of drug-likeness (QED) is 0.0279. The molecule has 0 amide bonds. The van der Waals surface area contributed by atoms with E-state index in [-0.39, 0.29) is 149 Å². The zero-order chi connectivity index (χ0) is 41.7. The van der Waals surface area contributed by atoms with Crippen molar-refractivity contribution >= 4 is 103 Å². The summed E-state index contributed by atoms with van der Waals surface area (Å²) in [5.41, 5.74) is 5.18. The summed E-state index contributed by atoms with van der Waals surface area (Å²) in [4.78, 5) is 1.83. The summed E-state index contributed by atoms with van der Waals surface area (Å²) in [6.45, 7) is 0. The molecule has 24 heteroatoms. The minimum atomic E-state index is -5.17. The first kappa shape index (κ1) is 49.8. The molecule has 7 aromatic rings. The van der Waals surface area contributed by atoms with Gasteiger partial charge in [0, 0.05) is 21.8 Å². The molecule has 0 heterocycles. The molecule has 0 atom stereocenters. The Bertz CT molecular complexity index is 3320. The number of anilines is 1. The first-order chi connectivity index (χ1) is 27.3. The zero-order valence-electron chi connectivity index (χ0n) is 31.9. The van der Waals surface area contributed by atoms with Crippen LogP contribution in [-0.4, -0.2) is 44.8 Å². The van der Waals surface area contributed by atoms with E-state index in [0.29, 0.717) is 17.1 Å². The molecular weight excluding hydrogens is 886 g/mol. The van der Waals surface area contributed by atoms with Crippen LogP contribution in [0.2, 0.25) is 0 Å². The van der Waals surface area contributed by atoms with Crippen molar-refractivity contribution in [2.45, 2.75) is 14.7 Å². The first-order valence-electron chi connectivity index (χ1n) is 16.2. The van der Waals surface area contributed by atoms with Crippen molar-refractivity contribution in [1.82, 2.24) is 0 Å². The average molecular weight is 909 g/mol. The van der Waals surface area contributed by atoms with Crippen LogP contribution in [0, 0.1) is 0 Å². The van der Waals surface area contributed by atoms with Gasteiger partial charge in [-0.2, -0.15) is 30.4 Å². The van der Waals surface area contributed by atoms with Crippen molar-refractivity contribution in [3.8, 4) is 11.5 Å². The zero-order valence-corrected chi connectivity index (χ0v) is 40.4. The van der Waals surface area contributed by atoms with Gasteiger partial charge >= 0.3 is 88.7 Å². The fraction of sp³-hybridized carbons (Fsp3) is 0.